The molecule has 1 aliphatic rings. The molecule has 0 saturated carbocycles. The summed E-state index contributed by atoms with van der Waals surface area (Å²) in [5.41, 5.74) is 1.17. The summed E-state index contributed by atoms with van der Waals surface area (Å²) in [5, 5.41) is 0.704. The molecule has 0 bridgehead atoms. The van der Waals surface area contributed by atoms with Crippen molar-refractivity contribution < 1.29 is 28.2 Å². The van der Waals surface area contributed by atoms with Gasteiger partial charge in [-0.3, -0.25) is 9.59 Å². The van der Waals surface area contributed by atoms with Gasteiger partial charge in [-0.15, -0.1) is 0 Å². The van der Waals surface area contributed by atoms with E-state index in [0.717, 1.165) is 5.56 Å². The molecular weight excluding hydrogens is 300 g/mol. The zero-order valence-corrected chi connectivity index (χ0v) is 13.3. The molecule has 2 heterocycles. The first-order chi connectivity index (χ1) is 11.0. The molecule has 1 aliphatic heterocycles. The smallest absolute Gasteiger partial charge is 0.311 e. The van der Waals surface area contributed by atoms with Crippen LogP contribution in [0.25, 0.3) is 11.0 Å². The number of hydrogen-bond donors (Lipinski definition) is 0. The minimum absolute atomic E-state index is 0.000910. The van der Waals surface area contributed by atoms with E-state index in [-0.39, 0.29) is 30.7 Å². The summed E-state index contributed by atoms with van der Waals surface area (Å²) in [5.74, 6) is 0.770. The average molecular weight is 318 g/mol. The maximum absolute atomic E-state index is 11.9. The Morgan fingerprint density at radius 2 is 2.09 bits per heavy atom. The molecule has 0 aliphatic carbocycles. The summed E-state index contributed by atoms with van der Waals surface area (Å²) < 4.78 is 21.9. The molecule has 6 heteroatoms. The number of rotatable bonds is 5. The molecule has 0 spiro atoms. The molecule has 0 radical (unpaired) electrons. The Bertz CT molecular complexity index is 771. The number of esters is 1. The SMILES string of the molecule is COc1c2c(c(OCC(=O)C(C)C)c3ccoc13)CCC(=O)O2. The van der Waals surface area contributed by atoms with Crippen LogP contribution in [0.2, 0.25) is 0 Å². The third-order valence-corrected chi connectivity index (χ3v) is 3.87. The van der Waals surface area contributed by atoms with Crippen LogP contribution in [0.1, 0.15) is 25.8 Å². The predicted molar refractivity (Wildman–Crippen MR) is 82.1 cm³/mol. The van der Waals surface area contributed by atoms with Gasteiger partial charge in [-0.2, -0.15) is 0 Å². The van der Waals surface area contributed by atoms with Gasteiger partial charge in [-0.25, -0.2) is 0 Å². The number of carbonyl (C=O) groups excluding carboxylic acids is 2. The lowest BCUT2D eigenvalue weighted by atomic mass is 10.0. The van der Waals surface area contributed by atoms with Crippen LogP contribution in [-0.4, -0.2) is 25.5 Å². The third-order valence-electron chi connectivity index (χ3n) is 3.87. The molecular formula is C17H18O6. The van der Waals surface area contributed by atoms with Gasteiger partial charge in [0, 0.05) is 11.5 Å². The van der Waals surface area contributed by atoms with E-state index in [1.165, 1.54) is 13.4 Å². The van der Waals surface area contributed by atoms with Crippen molar-refractivity contribution in [2.24, 2.45) is 5.92 Å². The monoisotopic (exact) mass is 318 g/mol. The molecule has 1 aromatic heterocycles. The Balaban J connectivity index is 2.11. The van der Waals surface area contributed by atoms with E-state index in [9.17, 15) is 9.59 Å². The molecule has 0 unspecified atom stereocenters. The molecule has 3 rings (SSSR count). The summed E-state index contributed by atoms with van der Waals surface area (Å²) in [6, 6.07) is 1.75. The van der Waals surface area contributed by atoms with Crippen LogP contribution in [0.4, 0.5) is 0 Å². The van der Waals surface area contributed by atoms with Crippen LogP contribution in [0, 0.1) is 5.92 Å². The van der Waals surface area contributed by atoms with Gasteiger partial charge in [0.05, 0.1) is 25.2 Å². The van der Waals surface area contributed by atoms with Crippen LogP contribution in [-0.2, 0) is 16.0 Å². The number of benzene rings is 1. The van der Waals surface area contributed by atoms with Gasteiger partial charge in [0.2, 0.25) is 5.75 Å². The maximum Gasteiger partial charge on any atom is 0.311 e. The number of Topliss-reactive ketones (excluding diaryl/α,β-unsaturated/α-hetero) is 1. The number of carbonyl (C=O) groups is 2. The molecule has 0 atom stereocenters. The first-order valence-corrected chi connectivity index (χ1v) is 7.49. The molecule has 6 nitrogen and oxygen atoms in total. The number of hydrogen-bond acceptors (Lipinski definition) is 6. The Kier molecular flexibility index (Phi) is 3.98. The van der Waals surface area contributed by atoms with Crippen molar-refractivity contribution in [3.05, 3.63) is 17.9 Å². The molecule has 0 amide bonds. The highest BCUT2D eigenvalue weighted by Crippen LogP contribution is 2.48. The second-order valence-corrected chi connectivity index (χ2v) is 5.72. The highest BCUT2D eigenvalue weighted by Gasteiger charge is 2.30. The number of ether oxygens (including phenoxy) is 3. The normalized spacial score (nSPS) is 13.8. The van der Waals surface area contributed by atoms with E-state index in [4.69, 9.17) is 18.6 Å². The van der Waals surface area contributed by atoms with Gasteiger partial charge in [0.1, 0.15) is 12.4 Å². The Labute approximate surface area is 133 Å². The summed E-state index contributed by atoms with van der Waals surface area (Å²) in [7, 11) is 1.49. The fourth-order valence-electron chi connectivity index (χ4n) is 2.56. The van der Waals surface area contributed by atoms with Gasteiger partial charge in [0.15, 0.2) is 17.1 Å². The van der Waals surface area contributed by atoms with Gasteiger partial charge in [-0.05, 0) is 12.5 Å². The lowest BCUT2D eigenvalue weighted by molar-refractivity contribution is -0.135. The number of ketones is 1. The summed E-state index contributed by atoms with van der Waals surface area (Å²) in [6.45, 7) is 3.61. The molecule has 2 aromatic rings. The number of fused-ring (bicyclic) bond motifs is 2. The number of furan rings is 1. The van der Waals surface area contributed by atoms with Crippen molar-refractivity contribution in [3.8, 4) is 17.2 Å². The third kappa shape index (κ3) is 2.65. The lowest BCUT2D eigenvalue weighted by Crippen LogP contribution is -2.20. The van der Waals surface area contributed by atoms with Crippen LogP contribution in [0.15, 0.2) is 16.7 Å². The maximum atomic E-state index is 11.9. The van der Waals surface area contributed by atoms with Crippen molar-refractivity contribution in [3.63, 3.8) is 0 Å². The van der Waals surface area contributed by atoms with E-state index in [1.54, 1.807) is 6.07 Å². The molecule has 23 heavy (non-hydrogen) atoms. The van der Waals surface area contributed by atoms with Gasteiger partial charge < -0.3 is 18.6 Å². The summed E-state index contributed by atoms with van der Waals surface area (Å²) in [4.78, 5) is 23.5. The van der Waals surface area contributed by atoms with Crippen molar-refractivity contribution in [1.29, 1.82) is 0 Å². The lowest BCUT2D eigenvalue weighted by Gasteiger charge is -2.22. The Morgan fingerprint density at radius 3 is 2.78 bits per heavy atom. The van der Waals surface area contributed by atoms with Crippen LogP contribution in [0.5, 0.6) is 17.2 Å². The average Bonchev–Trinajstić information content (AvgIpc) is 3.00. The molecule has 122 valence electrons. The first-order valence-electron chi connectivity index (χ1n) is 7.49. The molecule has 0 saturated heterocycles. The minimum Gasteiger partial charge on any atom is -0.490 e. The van der Waals surface area contributed by atoms with Crippen LogP contribution >= 0.6 is 0 Å². The largest absolute Gasteiger partial charge is 0.490 e. The first kappa shape index (κ1) is 15.4. The van der Waals surface area contributed by atoms with Crippen molar-refractivity contribution in [2.45, 2.75) is 26.7 Å². The quantitative estimate of drug-likeness (QED) is 0.623. The summed E-state index contributed by atoms with van der Waals surface area (Å²) >= 11 is 0. The van der Waals surface area contributed by atoms with E-state index in [0.29, 0.717) is 34.6 Å². The fraction of sp³-hybridized carbons (Fsp3) is 0.412. The summed E-state index contributed by atoms with van der Waals surface area (Å²) in [6.07, 6.45) is 2.24. The Hall–Kier alpha value is -2.50. The van der Waals surface area contributed by atoms with Crippen molar-refractivity contribution in [2.75, 3.05) is 13.7 Å². The van der Waals surface area contributed by atoms with Gasteiger partial charge in [-0.1, -0.05) is 13.8 Å². The van der Waals surface area contributed by atoms with Gasteiger partial charge >= 0.3 is 5.97 Å². The van der Waals surface area contributed by atoms with Crippen molar-refractivity contribution in [1.82, 2.24) is 0 Å². The second-order valence-electron chi connectivity index (χ2n) is 5.72. The Morgan fingerprint density at radius 1 is 1.30 bits per heavy atom. The second kappa shape index (κ2) is 5.95. The predicted octanol–water partition coefficient (Wildman–Crippen LogP) is 2.90. The van der Waals surface area contributed by atoms with Gasteiger partial charge in [0.25, 0.3) is 0 Å². The van der Waals surface area contributed by atoms with Crippen LogP contribution < -0.4 is 14.2 Å². The zero-order valence-electron chi connectivity index (χ0n) is 13.3. The molecule has 1 aromatic carbocycles. The minimum atomic E-state index is -0.328. The fourth-order valence-corrected chi connectivity index (χ4v) is 2.56. The standard InChI is InChI=1S/C17H18O6/c1-9(2)12(18)8-22-14-10-4-5-13(19)23-16(10)17(20-3)15-11(14)6-7-21-15/h6-7,9H,4-5,8H2,1-3H3. The van der Waals surface area contributed by atoms with E-state index in [2.05, 4.69) is 0 Å². The van der Waals surface area contributed by atoms with E-state index >= 15 is 0 Å². The van der Waals surface area contributed by atoms with E-state index < -0.39 is 0 Å². The number of methoxy groups -OCH3 is 1. The molecule has 0 N–H and O–H groups in total. The van der Waals surface area contributed by atoms with Crippen LogP contribution in [0.3, 0.4) is 0 Å². The molecule has 0 fully saturated rings. The van der Waals surface area contributed by atoms with E-state index in [1.807, 2.05) is 13.8 Å². The highest BCUT2D eigenvalue weighted by molar-refractivity contribution is 5.96. The van der Waals surface area contributed by atoms with Crippen molar-refractivity contribution >= 4 is 22.7 Å². The zero-order chi connectivity index (χ0) is 16.6. The topological polar surface area (TPSA) is 75.0 Å². The highest BCUT2D eigenvalue weighted by atomic mass is 16.6.